The van der Waals surface area contributed by atoms with Crippen LogP contribution in [0.4, 0.5) is 0 Å². The molecular weight excluding hydrogens is 332 g/mol. The lowest BCUT2D eigenvalue weighted by Gasteiger charge is -2.17. The molecule has 2 aromatic heterocycles. The average molecular weight is 350 g/mol. The van der Waals surface area contributed by atoms with Gasteiger partial charge < -0.3 is 8.98 Å². The highest BCUT2D eigenvalue weighted by molar-refractivity contribution is 5.78. The summed E-state index contributed by atoms with van der Waals surface area (Å²) in [6, 6.07) is 29.2. The minimum atomic E-state index is -0.0512. The van der Waals surface area contributed by atoms with E-state index >= 15 is 0 Å². The normalized spacial score (nSPS) is 12.3. The van der Waals surface area contributed by atoms with Crippen molar-refractivity contribution in [3.63, 3.8) is 0 Å². The molecule has 0 saturated heterocycles. The molecule has 0 bridgehead atoms. The van der Waals surface area contributed by atoms with Crippen LogP contribution in [0.5, 0.6) is 0 Å². The van der Waals surface area contributed by atoms with Crippen LogP contribution >= 0.6 is 0 Å². The van der Waals surface area contributed by atoms with E-state index in [0.717, 1.165) is 22.3 Å². The summed E-state index contributed by atoms with van der Waals surface area (Å²) in [6.07, 6.45) is 5.61. The standard InChI is InChI=1S/C24H18N2O/c1-2-6-18(7-3-1)19-10-12-20(13-11-19)24(26-15-14-25-17-26)23-16-21-8-4-5-9-22(21)27-23/h1-17,24H. The van der Waals surface area contributed by atoms with Crippen LogP contribution in [-0.2, 0) is 0 Å². The van der Waals surface area contributed by atoms with Gasteiger partial charge in [0.15, 0.2) is 0 Å². The van der Waals surface area contributed by atoms with Crippen LogP contribution in [0.2, 0.25) is 0 Å². The molecule has 3 nitrogen and oxygen atoms in total. The molecule has 0 spiro atoms. The molecule has 0 aliphatic carbocycles. The molecular formula is C24H18N2O. The Kier molecular flexibility index (Phi) is 3.83. The molecule has 5 aromatic rings. The Labute approximate surface area is 157 Å². The van der Waals surface area contributed by atoms with Crippen molar-refractivity contribution in [3.8, 4) is 11.1 Å². The van der Waals surface area contributed by atoms with Gasteiger partial charge in [0.2, 0.25) is 0 Å². The molecule has 0 aliphatic heterocycles. The fourth-order valence-corrected chi connectivity index (χ4v) is 3.53. The van der Waals surface area contributed by atoms with E-state index in [0.29, 0.717) is 0 Å². The SMILES string of the molecule is c1ccc(-c2ccc(C(c3cc4ccccc4o3)n3ccnc3)cc2)cc1. The number of para-hydroxylation sites is 1. The Morgan fingerprint density at radius 2 is 1.52 bits per heavy atom. The lowest BCUT2D eigenvalue weighted by molar-refractivity contribution is 0.488. The van der Waals surface area contributed by atoms with Crippen LogP contribution in [0.3, 0.4) is 0 Å². The lowest BCUT2D eigenvalue weighted by atomic mass is 9.99. The monoisotopic (exact) mass is 350 g/mol. The summed E-state index contributed by atoms with van der Waals surface area (Å²) in [6.45, 7) is 0. The van der Waals surface area contributed by atoms with Gasteiger partial charge in [0, 0.05) is 17.8 Å². The van der Waals surface area contributed by atoms with E-state index in [1.54, 1.807) is 6.20 Å². The molecule has 0 saturated carbocycles. The van der Waals surface area contributed by atoms with Gasteiger partial charge in [0.05, 0.1) is 6.33 Å². The van der Waals surface area contributed by atoms with Crippen molar-refractivity contribution >= 4 is 11.0 Å². The number of furan rings is 1. The van der Waals surface area contributed by atoms with Crippen LogP contribution in [0, 0.1) is 0 Å². The summed E-state index contributed by atoms with van der Waals surface area (Å²) in [5.74, 6) is 0.904. The number of aromatic nitrogens is 2. The van der Waals surface area contributed by atoms with Crippen LogP contribution in [0.1, 0.15) is 17.4 Å². The highest BCUT2D eigenvalue weighted by atomic mass is 16.3. The maximum absolute atomic E-state index is 6.17. The zero-order valence-electron chi connectivity index (χ0n) is 14.7. The molecule has 3 aromatic carbocycles. The number of hydrogen-bond donors (Lipinski definition) is 0. The third-order valence-electron chi connectivity index (χ3n) is 4.87. The molecule has 3 heteroatoms. The Morgan fingerprint density at radius 3 is 2.26 bits per heavy atom. The summed E-state index contributed by atoms with van der Waals surface area (Å²) in [5, 5.41) is 1.11. The van der Waals surface area contributed by atoms with E-state index in [4.69, 9.17) is 4.42 Å². The van der Waals surface area contributed by atoms with Crippen molar-refractivity contribution in [3.05, 3.63) is 115 Å². The van der Waals surface area contributed by atoms with Gasteiger partial charge in [0.25, 0.3) is 0 Å². The molecule has 0 radical (unpaired) electrons. The summed E-state index contributed by atoms with van der Waals surface area (Å²) < 4.78 is 8.25. The fraction of sp³-hybridized carbons (Fsp3) is 0.0417. The van der Waals surface area contributed by atoms with E-state index in [9.17, 15) is 0 Å². The van der Waals surface area contributed by atoms with Crippen molar-refractivity contribution in [1.29, 1.82) is 0 Å². The molecule has 5 rings (SSSR count). The smallest absolute Gasteiger partial charge is 0.134 e. The third kappa shape index (κ3) is 2.93. The van der Waals surface area contributed by atoms with Crippen molar-refractivity contribution in [2.45, 2.75) is 6.04 Å². The molecule has 0 N–H and O–H groups in total. The molecule has 1 unspecified atom stereocenters. The predicted molar refractivity (Wildman–Crippen MR) is 108 cm³/mol. The summed E-state index contributed by atoms with van der Waals surface area (Å²) >= 11 is 0. The largest absolute Gasteiger partial charge is 0.458 e. The quantitative estimate of drug-likeness (QED) is 0.402. The van der Waals surface area contributed by atoms with Gasteiger partial charge in [-0.25, -0.2) is 4.98 Å². The van der Waals surface area contributed by atoms with Crippen molar-refractivity contribution in [1.82, 2.24) is 9.55 Å². The second kappa shape index (κ2) is 6.61. The zero-order valence-corrected chi connectivity index (χ0v) is 14.7. The molecule has 1 atom stereocenters. The lowest BCUT2D eigenvalue weighted by Crippen LogP contribution is -2.09. The van der Waals surface area contributed by atoms with Gasteiger partial charge >= 0.3 is 0 Å². The topological polar surface area (TPSA) is 31.0 Å². The van der Waals surface area contributed by atoms with Crippen molar-refractivity contribution in [2.24, 2.45) is 0 Å². The Morgan fingerprint density at radius 1 is 0.778 bits per heavy atom. The van der Waals surface area contributed by atoms with Gasteiger partial charge in [0.1, 0.15) is 17.4 Å². The summed E-state index contributed by atoms with van der Waals surface area (Å²) in [5.41, 5.74) is 4.48. The number of imidazole rings is 1. The minimum Gasteiger partial charge on any atom is -0.458 e. The highest BCUT2D eigenvalue weighted by Crippen LogP contribution is 2.32. The van der Waals surface area contributed by atoms with Crippen molar-refractivity contribution < 1.29 is 4.42 Å². The van der Waals surface area contributed by atoms with Crippen LogP contribution in [0.25, 0.3) is 22.1 Å². The fourth-order valence-electron chi connectivity index (χ4n) is 3.53. The van der Waals surface area contributed by atoms with Gasteiger partial charge in [-0.05, 0) is 28.8 Å². The number of rotatable bonds is 4. The number of fused-ring (bicyclic) bond motifs is 1. The van der Waals surface area contributed by atoms with Crippen LogP contribution in [-0.4, -0.2) is 9.55 Å². The second-order valence-corrected chi connectivity index (χ2v) is 6.59. The molecule has 0 amide bonds. The summed E-state index contributed by atoms with van der Waals surface area (Å²) in [4.78, 5) is 4.23. The van der Waals surface area contributed by atoms with Gasteiger partial charge in [-0.1, -0.05) is 72.8 Å². The van der Waals surface area contributed by atoms with Crippen molar-refractivity contribution in [2.75, 3.05) is 0 Å². The first-order chi connectivity index (χ1) is 13.4. The Hall–Kier alpha value is -3.59. The van der Waals surface area contributed by atoms with Gasteiger partial charge in [-0.2, -0.15) is 0 Å². The van der Waals surface area contributed by atoms with Gasteiger partial charge in [-0.3, -0.25) is 0 Å². The van der Waals surface area contributed by atoms with Gasteiger partial charge in [-0.15, -0.1) is 0 Å². The van der Waals surface area contributed by atoms with E-state index in [-0.39, 0.29) is 6.04 Å². The average Bonchev–Trinajstić information content (AvgIpc) is 3.39. The number of hydrogen-bond acceptors (Lipinski definition) is 2. The number of benzene rings is 3. The second-order valence-electron chi connectivity index (χ2n) is 6.59. The highest BCUT2D eigenvalue weighted by Gasteiger charge is 2.20. The third-order valence-corrected chi connectivity index (χ3v) is 4.87. The molecule has 0 fully saturated rings. The first-order valence-electron chi connectivity index (χ1n) is 9.00. The van der Waals surface area contributed by atoms with Crippen LogP contribution < -0.4 is 0 Å². The van der Waals surface area contributed by atoms with E-state index in [1.165, 1.54) is 11.1 Å². The maximum Gasteiger partial charge on any atom is 0.134 e. The van der Waals surface area contributed by atoms with E-state index in [2.05, 4.69) is 70.2 Å². The first kappa shape index (κ1) is 15.6. The summed E-state index contributed by atoms with van der Waals surface area (Å²) in [7, 11) is 0. The van der Waals surface area contributed by atoms with Crippen LogP contribution in [0.15, 0.2) is 108 Å². The first-order valence-corrected chi connectivity index (χ1v) is 9.00. The number of nitrogens with zero attached hydrogens (tertiary/aromatic N) is 2. The minimum absolute atomic E-state index is 0.0512. The van der Waals surface area contributed by atoms with E-state index < -0.39 is 0 Å². The Balaban J connectivity index is 1.59. The van der Waals surface area contributed by atoms with E-state index in [1.807, 2.05) is 36.8 Å². The Bertz CT molecular complexity index is 1120. The molecule has 130 valence electrons. The zero-order chi connectivity index (χ0) is 18.1. The predicted octanol–water partition coefficient (Wildman–Crippen LogP) is 5.93. The maximum atomic E-state index is 6.17. The molecule has 0 aliphatic rings. The molecule has 2 heterocycles. The molecule has 27 heavy (non-hydrogen) atoms.